The SMILES string of the molecule is C=C1Sc2ccccc2N(c2ccccn2)/C1=C/C=C\C. The number of anilines is 2. The largest absolute Gasteiger partial charge is 0.293 e. The summed E-state index contributed by atoms with van der Waals surface area (Å²) >= 11 is 1.70. The van der Waals surface area contributed by atoms with Crippen LogP contribution in [0.2, 0.25) is 0 Å². The molecule has 104 valence electrons. The van der Waals surface area contributed by atoms with Crippen LogP contribution in [0.1, 0.15) is 6.92 Å². The van der Waals surface area contributed by atoms with Crippen LogP contribution in [0.3, 0.4) is 0 Å². The van der Waals surface area contributed by atoms with Crippen molar-refractivity contribution in [3.8, 4) is 0 Å². The number of benzene rings is 1. The molecule has 0 N–H and O–H groups in total. The van der Waals surface area contributed by atoms with Gasteiger partial charge >= 0.3 is 0 Å². The van der Waals surface area contributed by atoms with E-state index in [1.807, 2.05) is 43.5 Å². The van der Waals surface area contributed by atoms with Crippen molar-refractivity contribution in [2.45, 2.75) is 11.8 Å². The number of aromatic nitrogens is 1. The maximum absolute atomic E-state index is 4.50. The molecule has 0 atom stereocenters. The molecule has 1 aliphatic heterocycles. The molecule has 2 heterocycles. The fourth-order valence-corrected chi connectivity index (χ4v) is 3.20. The van der Waals surface area contributed by atoms with Crippen LogP contribution in [-0.2, 0) is 0 Å². The molecule has 0 saturated carbocycles. The van der Waals surface area contributed by atoms with Crippen LogP contribution < -0.4 is 4.90 Å². The number of hydrogen-bond acceptors (Lipinski definition) is 3. The first-order valence-electron chi connectivity index (χ1n) is 6.81. The first-order valence-corrected chi connectivity index (χ1v) is 7.63. The molecular weight excluding hydrogens is 276 g/mol. The topological polar surface area (TPSA) is 16.1 Å². The third kappa shape index (κ3) is 2.65. The van der Waals surface area contributed by atoms with Gasteiger partial charge < -0.3 is 0 Å². The van der Waals surface area contributed by atoms with Gasteiger partial charge in [0.25, 0.3) is 0 Å². The molecule has 1 aromatic heterocycles. The monoisotopic (exact) mass is 292 g/mol. The van der Waals surface area contributed by atoms with Crippen LogP contribution in [0.5, 0.6) is 0 Å². The lowest BCUT2D eigenvalue weighted by molar-refractivity contribution is 1.09. The molecule has 0 amide bonds. The van der Waals surface area contributed by atoms with Gasteiger partial charge in [-0.2, -0.15) is 0 Å². The van der Waals surface area contributed by atoms with Crippen molar-refractivity contribution >= 4 is 23.3 Å². The van der Waals surface area contributed by atoms with E-state index in [2.05, 4.69) is 46.8 Å². The molecule has 0 bridgehead atoms. The highest BCUT2D eigenvalue weighted by Crippen LogP contribution is 2.47. The fourth-order valence-electron chi connectivity index (χ4n) is 2.26. The fraction of sp³-hybridized carbons (Fsp3) is 0.0556. The third-order valence-corrected chi connectivity index (χ3v) is 4.21. The molecule has 21 heavy (non-hydrogen) atoms. The molecule has 0 fully saturated rings. The van der Waals surface area contributed by atoms with Crippen LogP contribution in [0.15, 0.2) is 89.0 Å². The Morgan fingerprint density at radius 1 is 1.14 bits per heavy atom. The molecular formula is C18H16N2S. The molecule has 2 nitrogen and oxygen atoms in total. The number of fused-ring (bicyclic) bond motifs is 1. The van der Waals surface area contributed by atoms with E-state index >= 15 is 0 Å². The number of para-hydroxylation sites is 1. The van der Waals surface area contributed by atoms with Crippen molar-refractivity contribution in [1.29, 1.82) is 0 Å². The molecule has 2 aromatic rings. The van der Waals surface area contributed by atoms with Gasteiger partial charge in [-0.15, -0.1) is 0 Å². The maximum atomic E-state index is 4.50. The second-order valence-corrected chi connectivity index (χ2v) is 5.73. The van der Waals surface area contributed by atoms with Crippen LogP contribution >= 0.6 is 11.8 Å². The summed E-state index contributed by atoms with van der Waals surface area (Å²) in [6.45, 7) is 6.22. The van der Waals surface area contributed by atoms with Crippen LogP contribution in [0.25, 0.3) is 0 Å². The Hall–Kier alpha value is -2.26. The summed E-state index contributed by atoms with van der Waals surface area (Å²) in [6, 6.07) is 14.3. The number of allylic oxidation sites excluding steroid dienone is 3. The van der Waals surface area contributed by atoms with E-state index < -0.39 is 0 Å². The van der Waals surface area contributed by atoms with Crippen LogP contribution in [0, 0.1) is 0 Å². The summed E-state index contributed by atoms with van der Waals surface area (Å²) < 4.78 is 0. The first kappa shape index (κ1) is 13.7. The molecule has 1 aromatic carbocycles. The zero-order chi connectivity index (χ0) is 14.7. The summed E-state index contributed by atoms with van der Waals surface area (Å²) in [6.07, 6.45) is 7.95. The highest BCUT2D eigenvalue weighted by atomic mass is 32.2. The predicted molar refractivity (Wildman–Crippen MR) is 90.7 cm³/mol. The highest BCUT2D eigenvalue weighted by Gasteiger charge is 2.26. The van der Waals surface area contributed by atoms with E-state index in [0.29, 0.717) is 0 Å². The van der Waals surface area contributed by atoms with Gasteiger partial charge in [0.15, 0.2) is 0 Å². The average Bonchev–Trinajstić information content (AvgIpc) is 2.53. The minimum Gasteiger partial charge on any atom is -0.293 e. The van der Waals surface area contributed by atoms with Gasteiger partial charge in [0.1, 0.15) is 5.82 Å². The lowest BCUT2D eigenvalue weighted by Crippen LogP contribution is -2.21. The third-order valence-electron chi connectivity index (χ3n) is 3.19. The van der Waals surface area contributed by atoms with Crippen LogP contribution in [-0.4, -0.2) is 4.98 Å². The van der Waals surface area contributed by atoms with Gasteiger partial charge in [-0.3, -0.25) is 4.90 Å². The lowest BCUT2D eigenvalue weighted by Gasteiger charge is -2.33. The van der Waals surface area contributed by atoms with Crippen molar-refractivity contribution in [1.82, 2.24) is 4.98 Å². The van der Waals surface area contributed by atoms with Crippen molar-refractivity contribution in [2.75, 3.05) is 4.90 Å². The lowest BCUT2D eigenvalue weighted by atomic mass is 10.2. The number of nitrogens with zero attached hydrogens (tertiary/aromatic N) is 2. The summed E-state index contributed by atoms with van der Waals surface area (Å²) in [5.41, 5.74) is 2.21. The maximum Gasteiger partial charge on any atom is 0.137 e. The normalized spacial score (nSPS) is 16.5. The summed E-state index contributed by atoms with van der Waals surface area (Å²) in [4.78, 5) is 8.89. The van der Waals surface area contributed by atoms with Crippen molar-refractivity contribution in [3.05, 3.63) is 84.1 Å². The Labute approximate surface area is 129 Å². The van der Waals surface area contributed by atoms with E-state index in [-0.39, 0.29) is 0 Å². The Morgan fingerprint density at radius 3 is 2.71 bits per heavy atom. The van der Waals surface area contributed by atoms with Crippen LogP contribution in [0.4, 0.5) is 11.5 Å². The van der Waals surface area contributed by atoms with Crippen molar-refractivity contribution in [3.63, 3.8) is 0 Å². The number of thioether (sulfide) groups is 1. The molecule has 0 aliphatic carbocycles. The molecule has 1 aliphatic rings. The molecule has 3 rings (SSSR count). The predicted octanol–water partition coefficient (Wildman–Crippen LogP) is 5.30. The highest BCUT2D eigenvalue weighted by molar-refractivity contribution is 8.03. The van der Waals surface area contributed by atoms with Gasteiger partial charge in [-0.05, 0) is 37.3 Å². The van der Waals surface area contributed by atoms with E-state index in [4.69, 9.17) is 0 Å². The average molecular weight is 292 g/mol. The van der Waals surface area contributed by atoms with Crippen molar-refractivity contribution < 1.29 is 0 Å². The molecule has 3 heteroatoms. The number of pyridine rings is 1. The standard InChI is InChI=1S/C18H16N2S/c1-3-4-9-15-14(2)21-17-11-6-5-10-16(17)20(15)18-12-7-8-13-19-18/h3-13H,2H2,1H3/b4-3-,15-9+. The number of rotatable bonds is 2. The zero-order valence-corrected chi connectivity index (χ0v) is 12.7. The summed E-state index contributed by atoms with van der Waals surface area (Å²) in [5.74, 6) is 0.905. The zero-order valence-electron chi connectivity index (χ0n) is 11.9. The smallest absolute Gasteiger partial charge is 0.137 e. The quantitative estimate of drug-likeness (QED) is 0.747. The molecule has 0 spiro atoms. The van der Waals surface area contributed by atoms with Gasteiger partial charge in [0, 0.05) is 16.0 Å². The second-order valence-electron chi connectivity index (χ2n) is 4.59. The second kappa shape index (κ2) is 6.02. The van der Waals surface area contributed by atoms with Gasteiger partial charge in [-0.25, -0.2) is 4.98 Å². The summed E-state index contributed by atoms with van der Waals surface area (Å²) in [7, 11) is 0. The molecule has 0 saturated heterocycles. The van der Waals surface area contributed by atoms with E-state index in [1.54, 1.807) is 11.8 Å². The Bertz CT molecular complexity index is 717. The Balaban J connectivity index is 2.20. The minimum atomic E-state index is 0.905. The van der Waals surface area contributed by atoms with Gasteiger partial charge in [0.2, 0.25) is 0 Å². The van der Waals surface area contributed by atoms with Gasteiger partial charge in [0.05, 0.1) is 11.4 Å². The minimum absolute atomic E-state index is 0.905. The Morgan fingerprint density at radius 2 is 1.95 bits per heavy atom. The number of hydrogen-bond donors (Lipinski definition) is 0. The Kier molecular flexibility index (Phi) is 3.93. The molecule has 0 unspecified atom stereocenters. The van der Waals surface area contributed by atoms with E-state index in [1.165, 1.54) is 4.90 Å². The van der Waals surface area contributed by atoms with E-state index in [0.717, 1.165) is 22.1 Å². The van der Waals surface area contributed by atoms with Crippen molar-refractivity contribution in [2.24, 2.45) is 0 Å². The molecule has 0 radical (unpaired) electrons. The van der Waals surface area contributed by atoms with Gasteiger partial charge in [-0.1, -0.05) is 48.7 Å². The first-order chi connectivity index (χ1) is 10.3. The summed E-state index contributed by atoms with van der Waals surface area (Å²) in [5, 5.41) is 0. The van der Waals surface area contributed by atoms with E-state index in [9.17, 15) is 0 Å².